The highest BCUT2D eigenvalue weighted by molar-refractivity contribution is 5.77. The Hall–Kier alpha value is -2.68. The molecule has 0 aromatic heterocycles. The maximum atomic E-state index is 14.5. The molecule has 3 aromatic carbocycles. The molecule has 0 saturated heterocycles. The van der Waals surface area contributed by atoms with Gasteiger partial charge in [0, 0.05) is 11.4 Å². The van der Waals surface area contributed by atoms with E-state index in [0.717, 1.165) is 16.9 Å². The molecule has 0 spiro atoms. The molecular weight excluding hydrogens is 292 g/mol. The summed E-state index contributed by atoms with van der Waals surface area (Å²) in [7, 11) is 0. The molecule has 0 radical (unpaired) electrons. The first-order valence-electron chi connectivity index (χ1n) is 7.44. The van der Waals surface area contributed by atoms with Crippen LogP contribution < -0.4 is 4.90 Å². The van der Waals surface area contributed by atoms with E-state index in [-0.39, 0.29) is 5.69 Å². The average Bonchev–Trinajstić information content (AvgIpc) is 2.58. The Balaban J connectivity index is 2.21. The van der Waals surface area contributed by atoms with Crippen LogP contribution in [0.3, 0.4) is 0 Å². The SMILES string of the molecule is Cc1ccc(N(c2ccccc2)c2ccc(C)c(F)c2F)cc1. The Bertz CT molecular complexity index is 811. The molecule has 0 atom stereocenters. The molecule has 0 aliphatic carbocycles. The van der Waals surface area contributed by atoms with Crippen LogP contribution in [0.4, 0.5) is 25.8 Å². The maximum Gasteiger partial charge on any atom is 0.183 e. The summed E-state index contributed by atoms with van der Waals surface area (Å²) in [6.45, 7) is 3.55. The summed E-state index contributed by atoms with van der Waals surface area (Å²) in [5.41, 5.74) is 3.16. The second-order valence-electron chi connectivity index (χ2n) is 5.54. The molecule has 0 amide bonds. The van der Waals surface area contributed by atoms with Crippen LogP contribution in [0.25, 0.3) is 0 Å². The van der Waals surface area contributed by atoms with Gasteiger partial charge in [0.1, 0.15) is 0 Å². The van der Waals surface area contributed by atoms with E-state index in [1.54, 1.807) is 24.0 Å². The van der Waals surface area contributed by atoms with Crippen molar-refractivity contribution in [3.63, 3.8) is 0 Å². The predicted molar refractivity (Wildman–Crippen MR) is 90.5 cm³/mol. The second-order valence-corrected chi connectivity index (χ2v) is 5.54. The zero-order valence-electron chi connectivity index (χ0n) is 13.1. The Labute approximate surface area is 134 Å². The van der Waals surface area contributed by atoms with Crippen LogP contribution in [-0.4, -0.2) is 0 Å². The fourth-order valence-corrected chi connectivity index (χ4v) is 2.51. The Kier molecular flexibility index (Phi) is 4.11. The lowest BCUT2D eigenvalue weighted by molar-refractivity contribution is 0.504. The van der Waals surface area contributed by atoms with Crippen LogP contribution in [-0.2, 0) is 0 Å². The van der Waals surface area contributed by atoms with Crippen molar-refractivity contribution in [2.24, 2.45) is 0 Å². The molecule has 0 aliphatic heterocycles. The van der Waals surface area contributed by atoms with Crippen LogP contribution in [0.2, 0.25) is 0 Å². The monoisotopic (exact) mass is 309 g/mol. The lowest BCUT2D eigenvalue weighted by Gasteiger charge is -2.26. The van der Waals surface area contributed by atoms with E-state index in [1.165, 1.54) is 0 Å². The van der Waals surface area contributed by atoms with Crippen molar-refractivity contribution in [1.29, 1.82) is 0 Å². The van der Waals surface area contributed by atoms with Crippen molar-refractivity contribution in [2.75, 3.05) is 4.90 Å². The highest BCUT2D eigenvalue weighted by atomic mass is 19.2. The summed E-state index contributed by atoms with van der Waals surface area (Å²) in [6, 6.07) is 20.3. The number of halogens is 2. The van der Waals surface area contributed by atoms with Gasteiger partial charge in [-0.2, -0.15) is 0 Å². The fourth-order valence-electron chi connectivity index (χ4n) is 2.51. The summed E-state index contributed by atoms with van der Waals surface area (Å²) in [5, 5.41) is 0. The third-order valence-corrected chi connectivity index (χ3v) is 3.80. The molecule has 3 heteroatoms. The number of rotatable bonds is 3. The summed E-state index contributed by atoms with van der Waals surface area (Å²) in [4.78, 5) is 1.72. The minimum Gasteiger partial charge on any atom is -0.308 e. The van der Waals surface area contributed by atoms with Gasteiger partial charge in [-0.05, 0) is 49.7 Å². The normalized spacial score (nSPS) is 10.6. The number of hydrogen-bond acceptors (Lipinski definition) is 1. The zero-order valence-corrected chi connectivity index (χ0v) is 13.1. The van der Waals surface area contributed by atoms with E-state index in [9.17, 15) is 8.78 Å². The van der Waals surface area contributed by atoms with E-state index >= 15 is 0 Å². The van der Waals surface area contributed by atoms with Crippen molar-refractivity contribution >= 4 is 17.1 Å². The number of anilines is 3. The minimum absolute atomic E-state index is 0.197. The van der Waals surface area contributed by atoms with Crippen molar-refractivity contribution < 1.29 is 8.78 Å². The highest BCUT2D eigenvalue weighted by Crippen LogP contribution is 2.37. The number of hydrogen-bond donors (Lipinski definition) is 0. The van der Waals surface area contributed by atoms with Crippen LogP contribution in [0, 0.1) is 25.5 Å². The van der Waals surface area contributed by atoms with Crippen LogP contribution in [0.5, 0.6) is 0 Å². The molecule has 0 bridgehead atoms. The van der Waals surface area contributed by atoms with Crippen molar-refractivity contribution in [3.05, 3.63) is 89.5 Å². The van der Waals surface area contributed by atoms with Gasteiger partial charge in [0.2, 0.25) is 0 Å². The molecule has 116 valence electrons. The van der Waals surface area contributed by atoms with Gasteiger partial charge < -0.3 is 4.90 Å². The number of benzene rings is 3. The largest absolute Gasteiger partial charge is 0.308 e. The molecule has 0 unspecified atom stereocenters. The molecule has 3 aromatic rings. The van der Waals surface area contributed by atoms with Gasteiger partial charge in [0.05, 0.1) is 5.69 Å². The molecule has 3 rings (SSSR count). The third-order valence-electron chi connectivity index (χ3n) is 3.80. The summed E-state index contributed by atoms with van der Waals surface area (Å²) in [5.74, 6) is -1.65. The third kappa shape index (κ3) is 2.95. The lowest BCUT2D eigenvalue weighted by Crippen LogP contribution is -2.12. The standard InChI is InChI=1S/C20H17F2N/c1-14-8-11-17(12-9-14)23(16-6-4-3-5-7-16)18-13-10-15(2)19(21)20(18)22/h3-13H,1-2H3. The predicted octanol–water partition coefficient (Wildman–Crippen LogP) is 6.05. The number of nitrogens with zero attached hydrogens (tertiary/aromatic N) is 1. The first kappa shape index (κ1) is 15.2. The van der Waals surface area contributed by atoms with Gasteiger partial charge in [-0.15, -0.1) is 0 Å². The average molecular weight is 309 g/mol. The van der Waals surface area contributed by atoms with Crippen molar-refractivity contribution in [3.8, 4) is 0 Å². The molecular formula is C20H17F2N. The lowest BCUT2D eigenvalue weighted by atomic mass is 10.1. The number of aryl methyl sites for hydroxylation is 2. The van der Waals surface area contributed by atoms with Crippen molar-refractivity contribution in [1.82, 2.24) is 0 Å². The van der Waals surface area contributed by atoms with E-state index in [1.807, 2.05) is 61.5 Å². The van der Waals surface area contributed by atoms with Gasteiger partial charge >= 0.3 is 0 Å². The molecule has 0 saturated carbocycles. The number of para-hydroxylation sites is 1. The highest BCUT2D eigenvalue weighted by Gasteiger charge is 2.19. The van der Waals surface area contributed by atoms with Crippen LogP contribution in [0.15, 0.2) is 66.7 Å². The molecule has 1 nitrogen and oxygen atoms in total. The summed E-state index contributed by atoms with van der Waals surface area (Å²) in [6.07, 6.45) is 0. The van der Waals surface area contributed by atoms with Gasteiger partial charge in [-0.1, -0.05) is 42.0 Å². The van der Waals surface area contributed by atoms with Crippen LogP contribution in [0.1, 0.15) is 11.1 Å². The van der Waals surface area contributed by atoms with Gasteiger partial charge in [-0.3, -0.25) is 0 Å². The molecule has 23 heavy (non-hydrogen) atoms. The van der Waals surface area contributed by atoms with Gasteiger partial charge in [-0.25, -0.2) is 8.78 Å². The topological polar surface area (TPSA) is 3.24 Å². The first-order valence-corrected chi connectivity index (χ1v) is 7.44. The Morgan fingerprint density at radius 1 is 0.652 bits per heavy atom. The second kappa shape index (κ2) is 6.21. The summed E-state index contributed by atoms with van der Waals surface area (Å²) < 4.78 is 28.6. The zero-order chi connectivity index (χ0) is 16.4. The maximum absolute atomic E-state index is 14.5. The quantitative estimate of drug-likeness (QED) is 0.569. The smallest absolute Gasteiger partial charge is 0.183 e. The first-order chi connectivity index (χ1) is 11.1. The van der Waals surface area contributed by atoms with Gasteiger partial charge in [0.25, 0.3) is 0 Å². The van der Waals surface area contributed by atoms with Crippen LogP contribution >= 0.6 is 0 Å². The van der Waals surface area contributed by atoms with E-state index in [2.05, 4.69) is 0 Å². The molecule has 0 aliphatic rings. The molecule has 0 fully saturated rings. The fraction of sp³-hybridized carbons (Fsp3) is 0.100. The Morgan fingerprint density at radius 2 is 1.26 bits per heavy atom. The Morgan fingerprint density at radius 3 is 1.91 bits per heavy atom. The summed E-state index contributed by atoms with van der Waals surface area (Å²) >= 11 is 0. The molecule has 0 N–H and O–H groups in total. The van der Waals surface area contributed by atoms with Crippen molar-refractivity contribution in [2.45, 2.75) is 13.8 Å². The van der Waals surface area contributed by atoms with E-state index in [4.69, 9.17) is 0 Å². The van der Waals surface area contributed by atoms with E-state index in [0.29, 0.717) is 5.56 Å². The minimum atomic E-state index is -0.838. The molecule has 0 heterocycles. The van der Waals surface area contributed by atoms with Gasteiger partial charge in [0.15, 0.2) is 11.6 Å². The van der Waals surface area contributed by atoms with E-state index < -0.39 is 11.6 Å².